The van der Waals surface area contributed by atoms with Gasteiger partial charge in [-0.3, -0.25) is 10.1 Å². The van der Waals surface area contributed by atoms with E-state index in [2.05, 4.69) is 4.98 Å². The zero-order valence-corrected chi connectivity index (χ0v) is 10.3. The highest BCUT2D eigenvalue weighted by Gasteiger charge is 2.40. The van der Waals surface area contributed by atoms with E-state index < -0.39 is 4.92 Å². The van der Waals surface area contributed by atoms with Gasteiger partial charge in [-0.05, 0) is 25.1 Å². The Morgan fingerprint density at radius 3 is 3.00 bits per heavy atom. The number of nitro groups is 1. The Morgan fingerprint density at radius 1 is 1.53 bits per heavy atom. The number of epoxide rings is 1. The number of non-ortho nitro benzene ring substituents is 1. The molecule has 1 saturated heterocycles. The molecule has 0 bridgehead atoms. The molecule has 0 amide bonds. The van der Waals surface area contributed by atoms with E-state index in [-0.39, 0.29) is 11.3 Å². The highest BCUT2D eigenvalue weighted by molar-refractivity contribution is 5.91. The third-order valence-electron chi connectivity index (χ3n) is 3.08. The molecule has 1 aliphatic heterocycles. The summed E-state index contributed by atoms with van der Waals surface area (Å²) < 4.78 is 10.9. The molecule has 1 fully saturated rings. The van der Waals surface area contributed by atoms with E-state index in [0.29, 0.717) is 29.9 Å². The van der Waals surface area contributed by atoms with Crippen LogP contribution in [0.3, 0.4) is 0 Å². The Morgan fingerprint density at radius 2 is 2.32 bits per heavy atom. The standard InChI is InChI=1S/C13H12N2O4/c1-13(8-19-13)7-18-11-5-4-10(15(16)17)12-9(11)3-2-6-14-12/h2-6H,7-8H2,1H3. The van der Waals surface area contributed by atoms with E-state index in [9.17, 15) is 10.1 Å². The van der Waals surface area contributed by atoms with Crippen molar-refractivity contribution >= 4 is 16.6 Å². The monoisotopic (exact) mass is 260 g/mol. The van der Waals surface area contributed by atoms with E-state index in [4.69, 9.17) is 9.47 Å². The molecule has 1 unspecified atom stereocenters. The van der Waals surface area contributed by atoms with Gasteiger partial charge in [-0.1, -0.05) is 0 Å². The minimum atomic E-state index is -0.440. The van der Waals surface area contributed by atoms with Crippen molar-refractivity contribution in [2.24, 2.45) is 0 Å². The van der Waals surface area contributed by atoms with E-state index >= 15 is 0 Å². The molecule has 0 saturated carbocycles. The van der Waals surface area contributed by atoms with Crippen LogP contribution in [0.2, 0.25) is 0 Å². The summed E-state index contributed by atoms with van der Waals surface area (Å²) in [5.74, 6) is 0.588. The van der Waals surface area contributed by atoms with E-state index in [0.717, 1.165) is 0 Å². The molecule has 0 aliphatic carbocycles. The molecule has 19 heavy (non-hydrogen) atoms. The molecule has 2 heterocycles. The minimum Gasteiger partial charge on any atom is -0.490 e. The number of nitrogens with zero attached hydrogens (tertiary/aromatic N) is 2. The van der Waals surface area contributed by atoms with Crippen molar-refractivity contribution in [3.05, 3.63) is 40.6 Å². The molecule has 1 aliphatic rings. The average molecular weight is 260 g/mol. The fourth-order valence-corrected chi connectivity index (χ4v) is 1.84. The molecule has 1 atom stereocenters. The summed E-state index contributed by atoms with van der Waals surface area (Å²) in [4.78, 5) is 14.6. The number of rotatable bonds is 4. The summed E-state index contributed by atoms with van der Waals surface area (Å²) in [5.41, 5.74) is 0.0970. The first-order valence-electron chi connectivity index (χ1n) is 5.88. The highest BCUT2D eigenvalue weighted by Crippen LogP contribution is 2.33. The average Bonchev–Trinajstić information content (AvgIpc) is 3.14. The van der Waals surface area contributed by atoms with Crippen LogP contribution in [-0.2, 0) is 4.74 Å². The summed E-state index contributed by atoms with van der Waals surface area (Å²) in [5, 5.41) is 11.6. The molecule has 1 aromatic carbocycles. The lowest BCUT2D eigenvalue weighted by molar-refractivity contribution is -0.383. The van der Waals surface area contributed by atoms with Crippen LogP contribution in [0.25, 0.3) is 10.9 Å². The van der Waals surface area contributed by atoms with Gasteiger partial charge in [-0.2, -0.15) is 0 Å². The molecule has 3 rings (SSSR count). The number of ether oxygens (including phenoxy) is 2. The number of fused-ring (bicyclic) bond motifs is 1. The zero-order chi connectivity index (χ0) is 13.5. The number of benzene rings is 1. The number of aromatic nitrogens is 1. The van der Waals surface area contributed by atoms with E-state index in [1.807, 2.05) is 6.92 Å². The lowest BCUT2D eigenvalue weighted by Gasteiger charge is -2.11. The van der Waals surface area contributed by atoms with Crippen molar-refractivity contribution < 1.29 is 14.4 Å². The maximum absolute atomic E-state index is 11.0. The summed E-state index contributed by atoms with van der Waals surface area (Å²) >= 11 is 0. The van der Waals surface area contributed by atoms with Crippen LogP contribution in [0.1, 0.15) is 6.92 Å². The van der Waals surface area contributed by atoms with Crippen molar-refractivity contribution in [2.45, 2.75) is 12.5 Å². The van der Waals surface area contributed by atoms with Gasteiger partial charge in [0.1, 0.15) is 18.0 Å². The maximum atomic E-state index is 11.0. The van der Waals surface area contributed by atoms with Crippen molar-refractivity contribution in [3.8, 4) is 5.75 Å². The summed E-state index contributed by atoms with van der Waals surface area (Å²) in [6, 6.07) is 6.52. The van der Waals surface area contributed by atoms with E-state index in [1.54, 1.807) is 18.2 Å². The molecular formula is C13H12N2O4. The van der Waals surface area contributed by atoms with Crippen molar-refractivity contribution in [3.63, 3.8) is 0 Å². The predicted molar refractivity (Wildman–Crippen MR) is 68.2 cm³/mol. The quantitative estimate of drug-likeness (QED) is 0.479. The Balaban J connectivity index is 2.01. The van der Waals surface area contributed by atoms with Gasteiger partial charge in [0.05, 0.1) is 11.5 Å². The third kappa shape index (κ3) is 2.22. The second kappa shape index (κ2) is 4.17. The Kier molecular flexibility index (Phi) is 2.60. The van der Waals surface area contributed by atoms with Gasteiger partial charge in [0.2, 0.25) is 0 Å². The molecular weight excluding hydrogens is 248 g/mol. The molecule has 0 radical (unpaired) electrons. The molecule has 0 spiro atoms. The predicted octanol–water partition coefficient (Wildman–Crippen LogP) is 2.31. The summed E-state index contributed by atoms with van der Waals surface area (Å²) in [7, 11) is 0. The highest BCUT2D eigenvalue weighted by atomic mass is 16.6. The van der Waals surface area contributed by atoms with Gasteiger partial charge in [0.15, 0.2) is 5.52 Å². The first-order valence-corrected chi connectivity index (χ1v) is 5.88. The number of pyridine rings is 1. The van der Waals surface area contributed by atoms with Crippen LogP contribution < -0.4 is 4.74 Å². The Labute approximate surface area is 109 Å². The van der Waals surface area contributed by atoms with Gasteiger partial charge in [-0.15, -0.1) is 0 Å². The molecule has 6 nitrogen and oxygen atoms in total. The van der Waals surface area contributed by atoms with Crippen molar-refractivity contribution in [2.75, 3.05) is 13.2 Å². The largest absolute Gasteiger partial charge is 0.490 e. The van der Waals surface area contributed by atoms with Crippen LogP contribution in [0, 0.1) is 10.1 Å². The van der Waals surface area contributed by atoms with Crippen molar-refractivity contribution in [1.82, 2.24) is 4.98 Å². The van der Waals surface area contributed by atoms with Gasteiger partial charge in [0, 0.05) is 17.6 Å². The van der Waals surface area contributed by atoms with Crippen LogP contribution in [-0.4, -0.2) is 28.7 Å². The fourth-order valence-electron chi connectivity index (χ4n) is 1.84. The molecule has 2 aromatic rings. The van der Waals surface area contributed by atoms with E-state index in [1.165, 1.54) is 12.3 Å². The number of hydrogen-bond donors (Lipinski definition) is 0. The van der Waals surface area contributed by atoms with Gasteiger partial charge >= 0.3 is 0 Å². The lowest BCUT2D eigenvalue weighted by Crippen LogP contribution is -2.17. The molecule has 6 heteroatoms. The third-order valence-corrected chi connectivity index (χ3v) is 3.08. The fraction of sp³-hybridized carbons (Fsp3) is 0.308. The molecule has 0 N–H and O–H groups in total. The number of nitro benzene ring substituents is 1. The smallest absolute Gasteiger partial charge is 0.295 e. The normalized spacial score (nSPS) is 21.3. The molecule has 1 aromatic heterocycles. The van der Waals surface area contributed by atoms with Crippen LogP contribution in [0.15, 0.2) is 30.5 Å². The number of hydrogen-bond acceptors (Lipinski definition) is 5. The minimum absolute atomic E-state index is 0.0168. The Hall–Kier alpha value is -2.21. The SMILES string of the molecule is CC1(COc2ccc([N+](=O)[O-])c3ncccc23)CO1. The second-order valence-electron chi connectivity index (χ2n) is 4.77. The maximum Gasteiger partial charge on any atom is 0.295 e. The summed E-state index contributed by atoms with van der Waals surface area (Å²) in [6.07, 6.45) is 1.53. The van der Waals surface area contributed by atoms with Crippen LogP contribution in [0.5, 0.6) is 5.75 Å². The molecule has 98 valence electrons. The first kappa shape index (κ1) is 11.9. The van der Waals surface area contributed by atoms with Crippen LogP contribution in [0.4, 0.5) is 5.69 Å². The van der Waals surface area contributed by atoms with Crippen molar-refractivity contribution in [1.29, 1.82) is 0 Å². The second-order valence-corrected chi connectivity index (χ2v) is 4.77. The first-order chi connectivity index (χ1) is 9.09. The lowest BCUT2D eigenvalue weighted by atomic mass is 10.1. The van der Waals surface area contributed by atoms with Gasteiger partial charge in [-0.25, -0.2) is 4.98 Å². The van der Waals surface area contributed by atoms with Gasteiger partial charge < -0.3 is 9.47 Å². The van der Waals surface area contributed by atoms with Gasteiger partial charge in [0.25, 0.3) is 5.69 Å². The zero-order valence-electron chi connectivity index (χ0n) is 10.3. The summed E-state index contributed by atoms with van der Waals surface area (Å²) in [6.45, 7) is 3.06. The van der Waals surface area contributed by atoms with Crippen LogP contribution >= 0.6 is 0 Å². The topological polar surface area (TPSA) is 77.8 Å². The Bertz CT molecular complexity index is 652.